The van der Waals surface area contributed by atoms with Crippen molar-refractivity contribution in [2.45, 2.75) is 27.7 Å². The number of aromatic nitrogens is 2. The number of hydrogen-bond acceptors (Lipinski definition) is 6. The molecule has 150 valence electrons. The van der Waals surface area contributed by atoms with Gasteiger partial charge in [0.25, 0.3) is 11.7 Å². The molecule has 1 amide bonds. The van der Waals surface area contributed by atoms with Crippen LogP contribution in [0.3, 0.4) is 0 Å². The molecule has 0 aliphatic heterocycles. The number of carbonyl (C=O) groups is 1. The lowest BCUT2D eigenvalue weighted by Gasteiger charge is -2.23. The number of nitrogens with zero attached hydrogens (tertiary/aromatic N) is 3. The van der Waals surface area contributed by atoms with Gasteiger partial charge in [0.1, 0.15) is 0 Å². The Balaban J connectivity index is 2.48. The summed E-state index contributed by atoms with van der Waals surface area (Å²) in [7, 11) is 3.34. The van der Waals surface area contributed by atoms with Gasteiger partial charge in [-0.3, -0.25) is 19.8 Å². The van der Waals surface area contributed by atoms with Crippen LogP contribution < -0.4 is 20.5 Å². The van der Waals surface area contributed by atoms with Crippen LogP contribution in [0.2, 0.25) is 0 Å². The number of nitrogens with one attached hydrogen (secondary N) is 3. The molecule has 0 bridgehead atoms. The molecule has 2 aromatic rings. The van der Waals surface area contributed by atoms with Crippen molar-refractivity contribution >= 4 is 28.9 Å². The van der Waals surface area contributed by atoms with Crippen molar-refractivity contribution in [2.75, 3.05) is 30.9 Å². The Kier molecular flexibility index (Phi) is 6.17. The number of aryl methyl sites for hydroxylation is 1. The molecule has 9 nitrogen and oxygen atoms in total. The predicted octanol–water partition coefficient (Wildman–Crippen LogP) is 2.70. The van der Waals surface area contributed by atoms with E-state index < -0.39 is 4.92 Å². The van der Waals surface area contributed by atoms with Crippen LogP contribution >= 0.6 is 0 Å². The zero-order chi connectivity index (χ0) is 21.1. The van der Waals surface area contributed by atoms with Gasteiger partial charge in [-0.05, 0) is 30.0 Å². The second-order valence-electron chi connectivity index (χ2n) is 7.86. The fourth-order valence-corrected chi connectivity index (χ4v) is 2.92. The summed E-state index contributed by atoms with van der Waals surface area (Å²) >= 11 is 0. The normalized spacial score (nSPS) is 11.1. The first-order chi connectivity index (χ1) is 13.0. The van der Waals surface area contributed by atoms with Gasteiger partial charge in [0.15, 0.2) is 0 Å². The van der Waals surface area contributed by atoms with Gasteiger partial charge in [-0.1, -0.05) is 31.8 Å². The number of benzene rings is 1. The molecule has 0 atom stereocenters. The number of rotatable bonds is 6. The quantitative estimate of drug-likeness (QED) is 0.582. The van der Waals surface area contributed by atoms with E-state index in [1.807, 2.05) is 6.92 Å². The zero-order valence-corrected chi connectivity index (χ0v) is 17.1. The van der Waals surface area contributed by atoms with Crippen molar-refractivity contribution in [3.05, 3.63) is 45.8 Å². The Morgan fingerprint density at radius 1 is 1.36 bits per heavy atom. The first-order valence-corrected chi connectivity index (χ1v) is 8.89. The van der Waals surface area contributed by atoms with E-state index in [4.69, 9.17) is 0 Å². The van der Waals surface area contributed by atoms with E-state index in [9.17, 15) is 14.9 Å². The topological polar surface area (TPSA) is 115 Å². The first-order valence-electron chi connectivity index (χ1n) is 8.89. The molecule has 28 heavy (non-hydrogen) atoms. The van der Waals surface area contributed by atoms with Crippen LogP contribution in [-0.2, 0) is 0 Å². The summed E-state index contributed by atoms with van der Waals surface area (Å²) in [6.07, 6.45) is 1.42. The molecule has 1 aromatic carbocycles. The summed E-state index contributed by atoms with van der Waals surface area (Å²) in [6, 6.07) is 5.12. The number of hydrogen-bond donors (Lipinski definition) is 2. The molecule has 1 heterocycles. The van der Waals surface area contributed by atoms with Gasteiger partial charge < -0.3 is 10.6 Å². The Bertz CT molecular complexity index is 892. The minimum atomic E-state index is -0.460. The van der Waals surface area contributed by atoms with Crippen LogP contribution in [0.15, 0.2) is 24.5 Å². The van der Waals surface area contributed by atoms with Crippen molar-refractivity contribution in [1.82, 2.24) is 10.3 Å². The average molecular weight is 387 g/mol. The minimum Gasteiger partial charge on any atom is -0.355 e. The highest BCUT2D eigenvalue weighted by atomic mass is 16.6. The maximum atomic E-state index is 11.9. The maximum absolute atomic E-state index is 11.9. The van der Waals surface area contributed by atoms with Gasteiger partial charge in [-0.15, -0.1) is 0 Å². The summed E-state index contributed by atoms with van der Waals surface area (Å²) in [5, 5.41) is 17.4. The summed E-state index contributed by atoms with van der Waals surface area (Å²) in [6.45, 7) is 8.64. The van der Waals surface area contributed by atoms with Gasteiger partial charge in [-0.2, -0.15) is 0 Å². The maximum Gasteiger partial charge on any atom is 0.400 e. The van der Waals surface area contributed by atoms with Crippen molar-refractivity contribution in [2.24, 2.45) is 5.41 Å². The second-order valence-corrected chi connectivity index (χ2v) is 7.86. The Morgan fingerprint density at radius 2 is 2.04 bits per heavy atom. The SMILES string of the molecule is CNC(=O)c1ccc(C)c(Nc2nc[nH+]c(N(C)CC(C)(C)C)c2[N+](=O)[O-])c1. The van der Waals surface area contributed by atoms with Crippen LogP contribution in [0.25, 0.3) is 0 Å². The molecule has 0 unspecified atom stereocenters. The fourth-order valence-electron chi connectivity index (χ4n) is 2.92. The van der Waals surface area contributed by atoms with E-state index in [1.54, 1.807) is 37.2 Å². The molecular weight excluding hydrogens is 360 g/mol. The molecule has 0 aliphatic carbocycles. The standard InChI is InChI=1S/C19H26N6O3/c1-12-7-8-13(18(26)20-5)9-14(12)23-16-15(25(27)28)17(22-11-21-16)24(6)10-19(2,3)4/h7-9,11H,10H2,1-6H3,(H,20,26)(H,21,22,23)/p+1. The van der Waals surface area contributed by atoms with E-state index in [0.717, 1.165) is 5.56 Å². The van der Waals surface area contributed by atoms with Crippen LogP contribution in [0.4, 0.5) is 23.0 Å². The monoisotopic (exact) mass is 387 g/mol. The number of aromatic amines is 1. The molecule has 3 N–H and O–H groups in total. The molecule has 0 radical (unpaired) electrons. The molecule has 0 saturated carbocycles. The number of nitro groups is 1. The predicted molar refractivity (Wildman–Crippen MR) is 108 cm³/mol. The number of amides is 1. The average Bonchev–Trinajstić information content (AvgIpc) is 2.61. The zero-order valence-electron chi connectivity index (χ0n) is 17.1. The summed E-state index contributed by atoms with van der Waals surface area (Å²) < 4.78 is 0. The Morgan fingerprint density at radius 3 is 2.61 bits per heavy atom. The fraction of sp³-hybridized carbons (Fsp3) is 0.421. The van der Waals surface area contributed by atoms with Crippen LogP contribution in [0.5, 0.6) is 0 Å². The highest BCUT2D eigenvalue weighted by Crippen LogP contribution is 2.33. The minimum absolute atomic E-state index is 0.0498. The third-order valence-corrected chi connectivity index (χ3v) is 4.10. The second kappa shape index (κ2) is 8.20. The lowest BCUT2D eigenvalue weighted by Crippen LogP contribution is -2.34. The molecule has 1 aromatic heterocycles. The lowest BCUT2D eigenvalue weighted by molar-refractivity contribution is -0.413. The van der Waals surface area contributed by atoms with Crippen molar-refractivity contribution in [3.8, 4) is 0 Å². The van der Waals surface area contributed by atoms with Crippen molar-refractivity contribution in [1.29, 1.82) is 0 Å². The number of anilines is 3. The van der Waals surface area contributed by atoms with E-state index >= 15 is 0 Å². The molecule has 0 spiro atoms. The van der Waals surface area contributed by atoms with Gasteiger partial charge in [0, 0.05) is 18.3 Å². The van der Waals surface area contributed by atoms with Gasteiger partial charge in [0.2, 0.25) is 6.33 Å². The van der Waals surface area contributed by atoms with Gasteiger partial charge in [-0.25, -0.2) is 4.98 Å². The van der Waals surface area contributed by atoms with E-state index in [2.05, 4.69) is 41.4 Å². The Hall–Kier alpha value is -3.23. The van der Waals surface area contributed by atoms with Crippen LogP contribution in [0.1, 0.15) is 36.7 Å². The molecule has 0 aliphatic rings. The lowest BCUT2D eigenvalue weighted by atomic mass is 9.96. The summed E-state index contributed by atoms with van der Waals surface area (Å²) in [5.41, 5.74) is 1.66. The van der Waals surface area contributed by atoms with Crippen molar-refractivity contribution in [3.63, 3.8) is 0 Å². The van der Waals surface area contributed by atoms with Gasteiger partial charge >= 0.3 is 11.5 Å². The first kappa shape index (κ1) is 21.1. The third-order valence-electron chi connectivity index (χ3n) is 4.10. The number of H-pyrrole nitrogens is 1. The largest absolute Gasteiger partial charge is 0.400 e. The molecule has 2 rings (SSSR count). The Labute approximate surface area is 164 Å². The number of carbonyl (C=O) groups excluding carboxylic acids is 1. The molecule has 0 saturated heterocycles. The van der Waals surface area contributed by atoms with Gasteiger partial charge in [0.05, 0.1) is 18.5 Å². The highest BCUT2D eigenvalue weighted by Gasteiger charge is 2.32. The van der Waals surface area contributed by atoms with E-state index in [-0.39, 0.29) is 22.8 Å². The third kappa shape index (κ3) is 4.93. The summed E-state index contributed by atoms with van der Waals surface area (Å²) in [4.78, 5) is 32.1. The molecule has 9 heteroatoms. The highest BCUT2D eigenvalue weighted by molar-refractivity contribution is 5.95. The molecule has 0 fully saturated rings. The summed E-state index contributed by atoms with van der Waals surface area (Å²) in [5.74, 6) is 0.228. The van der Waals surface area contributed by atoms with E-state index in [1.165, 1.54) is 6.33 Å². The van der Waals surface area contributed by atoms with Crippen molar-refractivity contribution < 1.29 is 14.7 Å². The van der Waals surface area contributed by atoms with E-state index in [0.29, 0.717) is 23.6 Å². The van der Waals surface area contributed by atoms with Crippen LogP contribution in [-0.4, -0.2) is 36.5 Å². The molecular formula is C19H27N6O3+. The van der Waals surface area contributed by atoms with Crippen LogP contribution in [0, 0.1) is 22.5 Å². The smallest absolute Gasteiger partial charge is 0.355 e.